The molecule has 4 nitrogen and oxygen atoms in total. The third kappa shape index (κ3) is 2.21. The van der Waals surface area contributed by atoms with Crippen molar-refractivity contribution >= 4 is 26.8 Å². The van der Waals surface area contributed by atoms with Gasteiger partial charge in [-0.25, -0.2) is 4.98 Å². The lowest BCUT2D eigenvalue weighted by Gasteiger charge is -2.10. The molecule has 0 unspecified atom stereocenters. The lowest BCUT2D eigenvalue weighted by molar-refractivity contribution is 0.392. The molecule has 2 rings (SSSR count). The average molecular weight is 297 g/mol. The van der Waals surface area contributed by atoms with Crippen LogP contribution in [-0.2, 0) is 6.54 Å². The van der Waals surface area contributed by atoms with Crippen molar-refractivity contribution in [2.45, 2.75) is 6.54 Å². The maximum Gasteiger partial charge on any atom is 0.218 e. The summed E-state index contributed by atoms with van der Waals surface area (Å²) in [6.07, 6.45) is 0. The largest absolute Gasteiger partial charge is 0.494 e. The van der Waals surface area contributed by atoms with Gasteiger partial charge < -0.3 is 15.2 Å². The minimum absolute atomic E-state index is 0.390. The highest BCUT2D eigenvalue weighted by Crippen LogP contribution is 2.31. The molecule has 0 saturated carbocycles. The fourth-order valence-corrected chi connectivity index (χ4v) is 2.18. The second kappa shape index (κ2) is 4.89. The molecular formula is C12H13BrN2O2. The molecule has 5 heteroatoms. The van der Waals surface area contributed by atoms with Crippen molar-refractivity contribution in [2.75, 3.05) is 14.2 Å². The van der Waals surface area contributed by atoms with Crippen molar-refractivity contribution in [1.82, 2.24) is 4.98 Å². The van der Waals surface area contributed by atoms with Gasteiger partial charge in [0.05, 0.1) is 14.2 Å². The number of pyridine rings is 1. The molecule has 1 heterocycles. The van der Waals surface area contributed by atoms with Gasteiger partial charge in [0.1, 0.15) is 11.3 Å². The van der Waals surface area contributed by atoms with E-state index in [1.54, 1.807) is 14.2 Å². The second-order valence-electron chi connectivity index (χ2n) is 3.54. The zero-order valence-corrected chi connectivity index (χ0v) is 11.2. The van der Waals surface area contributed by atoms with Gasteiger partial charge in [0.2, 0.25) is 5.88 Å². The first-order valence-electron chi connectivity index (χ1n) is 5.10. The molecule has 2 aromatic rings. The highest BCUT2D eigenvalue weighted by atomic mass is 79.9. The molecule has 90 valence electrons. The molecule has 0 amide bonds. The summed E-state index contributed by atoms with van der Waals surface area (Å²) in [5.41, 5.74) is 7.31. The van der Waals surface area contributed by atoms with Gasteiger partial charge in [-0.1, -0.05) is 15.9 Å². The summed E-state index contributed by atoms with van der Waals surface area (Å²) in [7, 11) is 3.20. The van der Waals surface area contributed by atoms with E-state index in [1.807, 2.05) is 18.2 Å². The van der Waals surface area contributed by atoms with Crippen LogP contribution in [0.3, 0.4) is 0 Å². The van der Waals surface area contributed by atoms with Crippen molar-refractivity contribution in [3.05, 3.63) is 28.2 Å². The van der Waals surface area contributed by atoms with Gasteiger partial charge in [0, 0.05) is 22.0 Å². The maximum atomic E-state index is 5.66. The van der Waals surface area contributed by atoms with Gasteiger partial charge in [0.25, 0.3) is 0 Å². The first-order chi connectivity index (χ1) is 8.19. The first kappa shape index (κ1) is 12.1. The van der Waals surface area contributed by atoms with Gasteiger partial charge in [-0.2, -0.15) is 0 Å². The Labute approximate surface area is 108 Å². The molecule has 0 radical (unpaired) electrons. The Balaban J connectivity index is 2.77. The predicted molar refractivity (Wildman–Crippen MR) is 70.4 cm³/mol. The Bertz CT molecular complexity index is 558. The smallest absolute Gasteiger partial charge is 0.218 e. The number of benzene rings is 1. The number of nitrogens with zero attached hydrogens (tertiary/aromatic N) is 1. The molecule has 17 heavy (non-hydrogen) atoms. The summed E-state index contributed by atoms with van der Waals surface area (Å²) >= 11 is 3.44. The van der Waals surface area contributed by atoms with Crippen LogP contribution in [0.5, 0.6) is 11.6 Å². The minimum Gasteiger partial charge on any atom is -0.494 e. The lowest BCUT2D eigenvalue weighted by atomic mass is 10.1. The summed E-state index contributed by atoms with van der Waals surface area (Å²) in [4.78, 5) is 4.43. The fraction of sp³-hybridized carbons (Fsp3) is 0.250. The van der Waals surface area contributed by atoms with Crippen molar-refractivity contribution in [1.29, 1.82) is 0 Å². The molecular weight excluding hydrogens is 284 g/mol. The molecule has 0 aliphatic carbocycles. The fourth-order valence-electron chi connectivity index (χ4n) is 1.73. The van der Waals surface area contributed by atoms with Crippen LogP contribution in [0.4, 0.5) is 0 Å². The molecule has 2 N–H and O–H groups in total. The predicted octanol–water partition coefficient (Wildman–Crippen LogP) is 2.47. The summed E-state index contributed by atoms with van der Waals surface area (Å²) < 4.78 is 11.5. The van der Waals surface area contributed by atoms with Gasteiger partial charge in [-0.15, -0.1) is 0 Å². The molecule has 0 saturated heterocycles. The molecule has 0 spiro atoms. The monoisotopic (exact) mass is 296 g/mol. The van der Waals surface area contributed by atoms with Crippen LogP contribution in [-0.4, -0.2) is 19.2 Å². The number of rotatable bonds is 3. The Morgan fingerprint density at radius 3 is 2.59 bits per heavy atom. The number of ether oxygens (including phenoxy) is 2. The Morgan fingerprint density at radius 2 is 2.00 bits per heavy atom. The van der Waals surface area contributed by atoms with Crippen molar-refractivity contribution in [3.8, 4) is 11.6 Å². The number of aromatic nitrogens is 1. The van der Waals surface area contributed by atoms with E-state index >= 15 is 0 Å². The van der Waals surface area contributed by atoms with Crippen molar-refractivity contribution in [3.63, 3.8) is 0 Å². The Hall–Kier alpha value is -1.33. The average Bonchev–Trinajstić information content (AvgIpc) is 2.35. The topological polar surface area (TPSA) is 57.4 Å². The third-order valence-corrected chi connectivity index (χ3v) is 2.98. The summed E-state index contributed by atoms with van der Waals surface area (Å²) in [6, 6.07) is 5.81. The van der Waals surface area contributed by atoms with Crippen LogP contribution in [0.2, 0.25) is 0 Å². The van der Waals surface area contributed by atoms with Crippen LogP contribution in [0, 0.1) is 0 Å². The standard InChI is InChI=1S/C12H13BrN2O2/c1-16-10-5-9(13)4-7-3-8(6-14)12(17-2)15-11(7)10/h3-5H,6,14H2,1-2H3. The van der Waals surface area contributed by atoms with E-state index in [1.165, 1.54) is 0 Å². The van der Waals surface area contributed by atoms with E-state index in [9.17, 15) is 0 Å². The van der Waals surface area contributed by atoms with E-state index in [-0.39, 0.29) is 0 Å². The number of halogens is 1. The summed E-state index contributed by atoms with van der Waals surface area (Å²) in [5.74, 6) is 1.25. The van der Waals surface area contributed by atoms with E-state index in [4.69, 9.17) is 15.2 Å². The van der Waals surface area contributed by atoms with Gasteiger partial charge in [0.15, 0.2) is 0 Å². The van der Waals surface area contributed by atoms with Crippen molar-refractivity contribution in [2.24, 2.45) is 5.73 Å². The molecule has 0 aliphatic rings. The number of nitrogens with two attached hydrogens (primary N) is 1. The van der Waals surface area contributed by atoms with Crippen molar-refractivity contribution < 1.29 is 9.47 Å². The highest BCUT2D eigenvalue weighted by Gasteiger charge is 2.10. The number of hydrogen-bond donors (Lipinski definition) is 1. The van der Waals surface area contributed by atoms with Gasteiger partial charge in [-0.3, -0.25) is 0 Å². The molecule has 0 fully saturated rings. The van der Waals surface area contributed by atoms with Gasteiger partial charge in [-0.05, 0) is 18.2 Å². The molecule has 1 aromatic heterocycles. The van der Waals surface area contributed by atoms with E-state index < -0.39 is 0 Å². The van der Waals surface area contributed by atoms with Crippen LogP contribution in [0.15, 0.2) is 22.7 Å². The van der Waals surface area contributed by atoms with Gasteiger partial charge >= 0.3 is 0 Å². The van der Waals surface area contributed by atoms with Crippen LogP contribution in [0.25, 0.3) is 10.9 Å². The molecule has 0 atom stereocenters. The SMILES string of the molecule is COc1nc2c(OC)cc(Br)cc2cc1CN. The number of hydrogen-bond acceptors (Lipinski definition) is 4. The molecule has 0 aliphatic heterocycles. The van der Waals surface area contributed by atoms with Crippen LogP contribution >= 0.6 is 15.9 Å². The van der Waals surface area contributed by atoms with Crippen LogP contribution in [0.1, 0.15) is 5.56 Å². The van der Waals surface area contributed by atoms with E-state index in [2.05, 4.69) is 20.9 Å². The first-order valence-corrected chi connectivity index (χ1v) is 5.90. The zero-order valence-electron chi connectivity index (χ0n) is 9.66. The second-order valence-corrected chi connectivity index (χ2v) is 4.46. The maximum absolute atomic E-state index is 5.66. The Kier molecular flexibility index (Phi) is 3.49. The normalized spacial score (nSPS) is 10.6. The highest BCUT2D eigenvalue weighted by molar-refractivity contribution is 9.10. The summed E-state index contributed by atoms with van der Waals surface area (Å²) in [6.45, 7) is 0.390. The van der Waals surface area contributed by atoms with E-state index in [0.717, 1.165) is 20.9 Å². The summed E-state index contributed by atoms with van der Waals surface area (Å²) in [5, 5.41) is 0.970. The van der Waals surface area contributed by atoms with E-state index in [0.29, 0.717) is 18.2 Å². The third-order valence-electron chi connectivity index (χ3n) is 2.52. The lowest BCUT2D eigenvalue weighted by Crippen LogP contribution is -2.02. The quantitative estimate of drug-likeness (QED) is 0.945. The number of fused-ring (bicyclic) bond motifs is 1. The minimum atomic E-state index is 0.390. The Morgan fingerprint density at radius 1 is 1.24 bits per heavy atom. The zero-order chi connectivity index (χ0) is 12.4. The molecule has 1 aromatic carbocycles. The number of methoxy groups -OCH3 is 2. The van der Waals surface area contributed by atoms with Crippen LogP contribution < -0.4 is 15.2 Å². The molecule has 0 bridgehead atoms.